The summed E-state index contributed by atoms with van der Waals surface area (Å²) in [7, 11) is 3.70. The van der Waals surface area contributed by atoms with Gasteiger partial charge in [-0.1, -0.05) is 0 Å². The molecule has 2 N–H and O–H groups in total. The summed E-state index contributed by atoms with van der Waals surface area (Å²) in [6, 6.07) is 0. The number of nitrogens with one attached hydrogen (secondary N) is 1. The van der Waals surface area contributed by atoms with Gasteiger partial charge < -0.3 is 14.4 Å². The summed E-state index contributed by atoms with van der Waals surface area (Å²) < 4.78 is 4.92. The van der Waals surface area contributed by atoms with Crippen molar-refractivity contribution >= 4 is 12.2 Å². The second-order valence-electron chi connectivity index (χ2n) is 2.73. The quantitative estimate of drug-likeness (QED) is 0.671. The molecule has 1 heterocycles. The number of aromatic amines is 1. The Morgan fingerprint density at radius 2 is 2.42 bits per heavy atom. The summed E-state index contributed by atoms with van der Waals surface area (Å²) in [4.78, 5) is 2.01. The summed E-state index contributed by atoms with van der Waals surface area (Å²) in [6.07, 6.45) is -0.729. The largest absolute Gasteiger partial charge is 0.411 e. The first-order valence-corrected chi connectivity index (χ1v) is 3.88. The zero-order valence-corrected chi connectivity index (χ0v) is 7.76. The van der Waals surface area contributed by atoms with E-state index in [2.05, 4.69) is 22.4 Å². The number of hydrogen-bond acceptors (Lipinski definition) is 5. The fourth-order valence-corrected chi connectivity index (χ4v) is 0.939. The number of hydrogen-bond donors (Lipinski definition) is 2. The van der Waals surface area contributed by atoms with Gasteiger partial charge >= 0.3 is 0 Å². The molecule has 0 fully saturated rings. The highest BCUT2D eigenvalue weighted by molar-refractivity contribution is 7.71. The van der Waals surface area contributed by atoms with Crippen LogP contribution < -0.4 is 0 Å². The van der Waals surface area contributed by atoms with E-state index >= 15 is 0 Å². The van der Waals surface area contributed by atoms with E-state index in [0.29, 0.717) is 6.54 Å². The first-order chi connectivity index (χ1) is 5.59. The summed E-state index contributed by atoms with van der Waals surface area (Å²) in [6.45, 7) is 0.461. The minimum atomic E-state index is -0.729. The average Bonchev–Trinajstić information content (AvgIpc) is 2.34. The fraction of sp³-hybridized carbons (Fsp3) is 0.667. The van der Waals surface area contributed by atoms with Crippen molar-refractivity contribution in [1.29, 1.82) is 0 Å². The van der Waals surface area contributed by atoms with Crippen LogP contribution in [0, 0.1) is 4.84 Å². The van der Waals surface area contributed by atoms with Crippen LogP contribution in [0.5, 0.6) is 0 Å². The molecule has 1 unspecified atom stereocenters. The molecule has 1 aromatic heterocycles. The number of H-pyrrole nitrogens is 1. The van der Waals surface area contributed by atoms with Gasteiger partial charge in [0.15, 0.2) is 0 Å². The van der Waals surface area contributed by atoms with Gasteiger partial charge in [0.1, 0.15) is 6.10 Å². The van der Waals surface area contributed by atoms with Crippen LogP contribution in [-0.4, -0.2) is 40.8 Å². The molecule has 0 aliphatic heterocycles. The predicted molar refractivity (Wildman–Crippen MR) is 45.2 cm³/mol. The molecule has 0 aromatic carbocycles. The third kappa shape index (κ3) is 2.40. The lowest BCUT2D eigenvalue weighted by molar-refractivity contribution is 0.110. The van der Waals surface area contributed by atoms with Gasteiger partial charge in [-0.3, -0.25) is 0 Å². The Kier molecular flexibility index (Phi) is 2.96. The summed E-state index contributed by atoms with van der Waals surface area (Å²) in [5, 5.41) is 15.6. The van der Waals surface area contributed by atoms with E-state index in [9.17, 15) is 5.11 Å². The van der Waals surface area contributed by atoms with Gasteiger partial charge in [-0.25, -0.2) is 5.10 Å². The molecule has 1 rings (SSSR count). The van der Waals surface area contributed by atoms with Gasteiger partial charge in [0.2, 0.25) is 5.89 Å². The van der Waals surface area contributed by atoms with Gasteiger partial charge in [-0.05, 0) is 26.3 Å². The van der Waals surface area contributed by atoms with Crippen LogP contribution in [0.25, 0.3) is 0 Å². The van der Waals surface area contributed by atoms with Crippen molar-refractivity contribution in [3.8, 4) is 0 Å². The summed E-state index contributed by atoms with van der Waals surface area (Å²) in [5.41, 5.74) is 0. The molecule has 5 nitrogen and oxygen atoms in total. The second-order valence-corrected chi connectivity index (χ2v) is 3.10. The Morgan fingerprint density at radius 3 is 2.83 bits per heavy atom. The molecule has 6 heteroatoms. The van der Waals surface area contributed by atoms with Crippen molar-refractivity contribution in [1.82, 2.24) is 15.1 Å². The molecule has 0 bridgehead atoms. The Morgan fingerprint density at radius 1 is 1.75 bits per heavy atom. The molecule has 0 saturated heterocycles. The SMILES string of the molecule is CN(C)CC(O)c1n[nH]c(=S)o1. The van der Waals surface area contributed by atoms with E-state index in [0.717, 1.165) is 0 Å². The molecule has 68 valence electrons. The normalized spacial score (nSPS) is 13.7. The van der Waals surface area contributed by atoms with Crippen LogP contribution in [0.15, 0.2) is 4.42 Å². The maximum atomic E-state index is 9.44. The number of nitrogens with zero attached hydrogens (tertiary/aromatic N) is 2. The Labute approximate surface area is 75.0 Å². The lowest BCUT2D eigenvalue weighted by Crippen LogP contribution is -2.20. The highest BCUT2D eigenvalue weighted by Crippen LogP contribution is 2.09. The van der Waals surface area contributed by atoms with Crippen molar-refractivity contribution < 1.29 is 9.52 Å². The van der Waals surface area contributed by atoms with Crippen LogP contribution in [0.3, 0.4) is 0 Å². The molecule has 0 spiro atoms. The van der Waals surface area contributed by atoms with Gasteiger partial charge in [-0.2, -0.15) is 0 Å². The second kappa shape index (κ2) is 3.79. The number of likely N-dealkylation sites (N-methyl/N-ethyl adjacent to an activating group) is 1. The van der Waals surface area contributed by atoms with Crippen molar-refractivity contribution in [3.05, 3.63) is 10.7 Å². The highest BCUT2D eigenvalue weighted by atomic mass is 32.1. The predicted octanol–water partition coefficient (Wildman–Crippen LogP) is 0.327. The molecule has 1 aromatic rings. The number of aliphatic hydroxyl groups is 1. The Balaban J connectivity index is 2.65. The Bertz CT molecular complexity index is 293. The van der Waals surface area contributed by atoms with Crippen LogP contribution in [0.1, 0.15) is 12.0 Å². The summed E-state index contributed by atoms with van der Waals surface area (Å²) in [5.74, 6) is 0.230. The van der Waals surface area contributed by atoms with E-state index in [1.54, 1.807) is 0 Å². The van der Waals surface area contributed by atoms with Crippen molar-refractivity contribution in [3.63, 3.8) is 0 Å². The smallest absolute Gasteiger partial charge is 0.284 e. The van der Waals surface area contributed by atoms with Crippen LogP contribution in [-0.2, 0) is 0 Å². The van der Waals surface area contributed by atoms with Gasteiger partial charge in [0.25, 0.3) is 4.84 Å². The molecule has 12 heavy (non-hydrogen) atoms. The monoisotopic (exact) mass is 189 g/mol. The fourth-order valence-electron chi connectivity index (χ4n) is 0.808. The highest BCUT2D eigenvalue weighted by Gasteiger charge is 2.13. The van der Waals surface area contributed by atoms with Crippen molar-refractivity contribution in [2.75, 3.05) is 20.6 Å². The topological polar surface area (TPSA) is 65.3 Å². The molecule has 0 amide bonds. The van der Waals surface area contributed by atoms with E-state index < -0.39 is 6.10 Å². The average molecular weight is 189 g/mol. The van der Waals surface area contributed by atoms with Gasteiger partial charge in [0, 0.05) is 6.54 Å². The van der Waals surface area contributed by atoms with Crippen LogP contribution in [0.4, 0.5) is 0 Å². The standard InChI is InChI=1S/C6H11N3O2S/c1-9(2)3-4(10)5-7-8-6(12)11-5/h4,10H,3H2,1-2H3,(H,8,12). The number of rotatable bonds is 3. The zero-order chi connectivity index (χ0) is 9.14. The van der Waals surface area contributed by atoms with Crippen molar-refractivity contribution in [2.24, 2.45) is 0 Å². The number of aliphatic hydroxyl groups excluding tert-OH is 1. The molecule has 0 aliphatic carbocycles. The van der Waals surface area contributed by atoms with Gasteiger partial charge in [-0.15, -0.1) is 5.10 Å². The molecular weight excluding hydrogens is 178 g/mol. The first kappa shape index (κ1) is 9.37. The maximum Gasteiger partial charge on any atom is 0.284 e. The summed E-state index contributed by atoms with van der Waals surface area (Å²) >= 11 is 4.66. The first-order valence-electron chi connectivity index (χ1n) is 3.48. The maximum absolute atomic E-state index is 9.44. The third-order valence-electron chi connectivity index (χ3n) is 1.28. The van der Waals surface area contributed by atoms with E-state index in [1.165, 1.54) is 0 Å². The molecular formula is C6H11N3O2S. The van der Waals surface area contributed by atoms with Crippen molar-refractivity contribution in [2.45, 2.75) is 6.10 Å². The van der Waals surface area contributed by atoms with E-state index in [1.807, 2.05) is 19.0 Å². The minimum absolute atomic E-state index is 0.183. The number of aromatic nitrogens is 2. The van der Waals surface area contributed by atoms with Gasteiger partial charge in [0.05, 0.1) is 0 Å². The van der Waals surface area contributed by atoms with Crippen LogP contribution in [0.2, 0.25) is 0 Å². The lowest BCUT2D eigenvalue weighted by atomic mass is 10.3. The molecule has 0 aliphatic rings. The third-order valence-corrected chi connectivity index (χ3v) is 1.45. The van der Waals surface area contributed by atoms with E-state index in [-0.39, 0.29) is 10.7 Å². The molecule has 0 radical (unpaired) electrons. The minimum Gasteiger partial charge on any atom is -0.411 e. The lowest BCUT2D eigenvalue weighted by Gasteiger charge is -2.11. The Hall–Kier alpha value is -0.720. The zero-order valence-electron chi connectivity index (χ0n) is 6.94. The van der Waals surface area contributed by atoms with E-state index in [4.69, 9.17) is 4.42 Å². The molecule has 0 saturated carbocycles. The van der Waals surface area contributed by atoms with Crippen LogP contribution >= 0.6 is 12.2 Å². The molecule has 1 atom stereocenters.